The molecule has 0 atom stereocenters. The third kappa shape index (κ3) is 2.78. The largest absolute Gasteiger partial charge is 0.476 e. The normalized spacial score (nSPS) is 17.7. The number of nitrogens with zero attached hydrogens (tertiary/aromatic N) is 2. The van der Waals surface area contributed by atoms with Gasteiger partial charge in [0, 0.05) is 5.56 Å². The first kappa shape index (κ1) is 14.4. The van der Waals surface area contributed by atoms with Gasteiger partial charge in [-0.05, 0) is 39.5 Å². The summed E-state index contributed by atoms with van der Waals surface area (Å²) in [6.45, 7) is 5.92. The quantitative estimate of drug-likeness (QED) is 0.892. The number of hydrogen-bond donors (Lipinski definition) is 1. The van der Waals surface area contributed by atoms with Gasteiger partial charge >= 0.3 is 5.97 Å². The fourth-order valence-corrected chi connectivity index (χ4v) is 3.30. The van der Waals surface area contributed by atoms with E-state index in [4.69, 9.17) is 11.6 Å². The molecular weight excluding hydrogens is 264 g/mol. The lowest BCUT2D eigenvalue weighted by Crippen LogP contribution is -2.23. The summed E-state index contributed by atoms with van der Waals surface area (Å²) in [5, 5.41) is 14.1. The Balaban J connectivity index is 2.51. The van der Waals surface area contributed by atoms with Gasteiger partial charge in [-0.25, -0.2) is 9.48 Å². The molecule has 1 aliphatic rings. The van der Waals surface area contributed by atoms with Crippen LogP contribution in [-0.4, -0.2) is 20.9 Å². The number of rotatable bonds is 2. The van der Waals surface area contributed by atoms with Crippen LogP contribution in [-0.2, 0) is 5.54 Å². The third-order valence-corrected chi connectivity index (χ3v) is 4.08. The van der Waals surface area contributed by atoms with E-state index in [1.165, 1.54) is 6.42 Å². The van der Waals surface area contributed by atoms with Crippen molar-refractivity contribution in [3.8, 4) is 0 Å². The second kappa shape index (κ2) is 5.16. The molecule has 0 amide bonds. The Labute approximate surface area is 118 Å². The fraction of sp³-hybridized carbons (Fsp3) is 0.714. The van der Waals surface area contributed by atoms with E-state index in [-0.39, 0.29) is 17.2 Å². The molecule has 1 N–H and O–H groups in total. The first-order chi connectivity index (χ1) is 8.82. The van der Waals surface area contributed by atoms with Crippen molar-refractivity contribution < 1.29 is 9.90 Å². The van der Waals surface area contributed by atoms with Crippen molar-refractivity contribution in [2.24, 2.45) is 0 Å². The summed E-state index contributed by atoms with van der Waals surface area (Å²) < 4.78 is 1.64. The molecule has 0 aromatic carbocycles. The summed E-state index contributed by atoms with van der Waals surface area (Å²) in [5.74, 6) is -0.742. The van der Waals surface area contributed by atoms with Crippen LogP contribution in [0.4, 0.5) is 0 Å². The molecule has 1 aliphatic carbocycles. The topological polar surface area (TPSA) is 55.1 Å². The average molecular weight is 285 g/mol. The summed E-state index contributed by atoms with van der Waals surface area (Å²) >= 11 is 6.43. The Kier molecular flexibility index (Phi) is 3.90. The van der Waals surface area contributed by atoms with Gasteiger partial charge in [-0.3, -0.25) is 0 Å². The van der Waals surface area contributed by atoms with E-state index < -0.39 is 5.97 Å². The van der Waals surface area contributed by atoms with Gasteiger partial charge in [0.2, 0.25) is 0 Å². The van der Waals surface area contributed by atoms with Crippen LogP contribution >= 0.6 is 11.6 Å². The van der Waals surface area contributed by atoms with Crippen LogP contribution in [0.3, 0.4) is 0 Å². The molecule has 1 aromatic heterocycles. The second-order valence-electron chi connectivity index (χ2n) is 6.28. The number of carboxylic acid groups (broad SMARTS) is 1. The minimum atomic E-state index is -0.981. The number of aromatic nitrogens is 2. The molecule has 19 heavy (non-hydrogen) atoms. The molecular formula is C14H21ClN2O2. The smallest absolute Gasteiger partial charge is 0.356 e. The predicted molar refractivity (Wildman–Crippen MR) is 75.0 cm³/mol. The number of aromatic carboxylic acids is 1. The van der Waals surface area contributed by atoms with Gasteiger partial charge in [0.15, 0.2) is 5.69 Å². The Morgan fingerprint density at radius 1 is 1.32 bits per heavy atom. The minimum absolute atomic E-state index is 0.131. The number of hydrogen-bond acceptors (Lipinski definition) is 2. The molecule has 1 aromatic rings. The molecule has 1 heterocycles. The van der Waals surface area contributed by atoms with Gasteiger partial charge in [-0.2, -0.15) is 5.10 Å². The van der Waals surface area contributed by atoms with Crippen LogP contribution < -0.4 is 0 Å². The summed E-state index contributed by atoms with van der Waals surface area (Å²) in [4.78, 5) is 11.4. The van der Waals surface area contributed by atoms with Crippen molar-refractivity contribution in [2.45, 2.75) is 64.3 Å². The van der Waals surface area contributed by atoms with Crippen molar-refractivity contribution in [1.82, 2.24) is 9.78 Å². The molecule has 4 nitrogen and oxygen atoms in total. The first-order valence-electron chi connectivity index (χ1n) is 6.84. The van der Waals surface area contributed by atoms with E-state index in [1.807, 2.05) is 20.8 Å². The molecule has 106 valence electrons. The van der Waals surface area contributed by atoms with Crippen LogP contribution in [0.25, 0.3) is 0 Å². The van der Waals surface area contributed by atoms with Gasteiger partial charge in [0.05, 0.1) is 5.54 Å². The molecule has 0 unspecified atom stereocenters. The van der Waals surface area contributed by atoms with E-state index in [9.17, 15) is 9.90 Å². The third-order valence-electron chi connectivity index (χ3n) is 3.71. The van der Waals surface area contributed by atoms with Crippen LogP contribution in [0.15, 0.2) is 0 Å². The molecule has 0 bridgehead atoms. The molecule has 2 rings (SSSR count). The maximum atomic E-state index is 11.4. The highest BCUT2D eigenvalue weighted by atomic mass is 35.5. The van der Waals surface area contributed by atoms with Crippen LogP contribution in [0.2, 0.25) is 5.15 Å². The van der Waals surface area contributed by atoms with E-state index in [0.29, 0.717) is 5.15 Å². The average Bonchev–Trinajstić information content (AvgIpc) is 2.68. The number of carbonyl (C=O) groups is 1. The zero-order valence-electron chi connectivity index (χ0n) is 11.7. The number of carboxylic acids is 1. The van der Waals surface area contributed by atoms with Crippen LogP contribution in [0.1, 0.15) is 74.8 Å². The van der Waals surface area contributed by atoms with E-state index >= 15 is 0 Å². The van der Waals surface area contributed by atoms with Crippen molar-refractivity contribution in [3.05, 3.63) is 16.4 Å². The fourth-order valence-electron chi connectivity index (χ4n) is 2.77. The zero-order valence-corrected chi connectivity index (χ0v) is 12.5. The van der Waals surface area contributed by atoms with Crippen molar-refractivity contribution >= 4 is 17.6 Å². The van der Waals surface area contributed by atoms with Gasteiger partial charge in [0.25, 0.3) is 0 Å². The molecule has 5 heteroatoms. The zero-order chi connectivity index (χ0) is 14.2. The Morgan fingerprint density at radius 2 is 1.89 bits per heavy atom. The Bertz CT molecular complexity index is 482. The summed E-state index contributed by atoms with van der Waals surface area (Å²) in [6.07, 6.45) is 5.52. The molecule has 1 fully saturated rings. The van der Waals surface area contributed by atoms with Crippen molar-refractivity contribution in [3.63, 3.8) is 0 Å². The molecule has 0 spiro atoms. The number of halogens is 1. The van der Waals surface area contributed by atoms with E-state index in [2.05, 4.69) is 5.10 Å². The standard InChI is InChI=1S/C14H21ClN2O2/c1-14(2,3)17-12(15)10(11(16-17)13(18)19)9-7-5-4-6-8-9/h9H,4-8H2,1-3H3,(H,18,19). The van der Waals surface area contributed by atoms with E-state index in [1.54, 1.807) is 4.68 Å². The summed E-state index contributed by atoms with van der Waals surface area (Å²) in [6, 6.07) is 0. The Morgan fingerprint density at radius 3 is 2.37 bits per heavy atom. The molecule has 1 saturated carbocycles. The SMILES string of the molecule is CC(C)(C)n1nc(C(=O)O)c(C2CCCCC2)c1Cl. The summed E-state index contributed by atoms with van der Waals surface area (Å²) in [7, 11) is 0. The predicted octanol–water partition coefficient (Wildman–Crippen LogP) is 4.04. The van der Waals surface area contributed by atoms with Gasteiger partial charge < -0.3 is 5.11 Å². The Hall–Kier alpha value is -1.03. The van der Waals surface area contributed by atoms with Crippen LogP contribution in [0, 0.1) is 0 Å². The highest BCUT2D eigenvalue weighted by Gasteiger charge is 2.31. The lowest BCUT2D eigenvalue weighted by molar-refractivity contribution is 0.0686. The maximum Gasteiger partial charge on any atom is 0.356 e. The maximum absolute atomic E-state index is 11.4. The molecule has 0 radical (unpaired) electrons. The molecule has 0 aliphatic heterocycles. The second-order valence-corrected chi connectivity index (χ2v) is 6.63. The first-order valence-corrected chi connectivity index (χ1v) is 7.22. The monoisotopic (exact) mass is 284 g/mol. The highest BCUT2D eigenvalue weighted by molar-refractivity contribution is 6.31. The van der Waals surface area contributed by atoms with Gasteiger partial charge in [-0.1, -0.05) is 30.9 Å². The minimum Gasteiger partial charge on any atom is -0.476 e. The summed E-state index contributed by atoms with van der Waals surface area (Å²) in [5.41, 5.74) is 0.560. The van der Waals surface area contributed by atoms with Crippen LogP contribution in [0.5, 0.6) is 0 Å². The van der Waals surface area contributed by atoms with Crippen molar-refractivity contribution in [2.75, 3.05) is 0 Å². The molecule has 0 saturated heterocycles. The lowest BCUT2D eigenvalue weighted by atomic mass is 9.84. The highest BCUT2D eigenvalue weighted by Crippen LogP contribution is 2.39. The lowest BCUT2D eigenvalue weighted by Gasteiger charge is -2.23. The van der Waals surface area contributed by atoms with Crippen molar-refractivity contribution in [1.29, 1.82) is 0 Å². The van der Waals surface area contributed by atoms with Gasteiger partial charge in [0.1, 0.15) is 5.15 Å². The van der Waals surface area contributed by atoms with Gasteiger partial charge in [-0.15, -0.1) is 0 Å². The van der Waals surface area contributed by atoms with E-state index in [0.717, 1.165) is 31.2 Å².